The maximum Gasteiger partial charge on any atom is 0.276 e. The highest BCUT2D eigenvalue weighted by Crippen LogP contribution is 2.11. The van der Waals surface area contributed by atoms with Crippen molar-refractivity contribution in [2.24, 2.45) is 5.14 Å². The molecule has 1 aliphatic heterocycles. The predicted molar refractivity (Wildman–Crippen MR) is 77.8 cm³/mol. The summed E-state index contributed by atoms with van der Waals surface area (Å²) in [6.45, 7) is 5.69. The molecule has 20 heavy (non-hydrogen) atoms. The fraction of sp³-hybridized carbons (Fsp3) is 0.538. The summed E-state index contributed by atoms with van der Waals surface area (Å²) in [4.78, 5) is 2.18. The molecule has 0 amide bonds. The van der Waals surface area contributed by atoms with Crippen LogP contribution in [0.1, 0.15) is 5.56 Å². The van der Waals surface area contributed by atoms with Crippen molar-refractivity contribution in [3.8, 4) is 5.75 Å². The summed E-state index contributed by atoms with van der Waals surface area (Å²) in [6.07, 6.45) is 0. The largest absolute Gasteiger partial charge is 0.492 e. The first kappa shape index (κ1) is 15.2. The van der Waals surface area contributed by atoms with Crippen molar-refractivity contribution in [3.05, 3.63) is 29.8 Å². The Morgan fingerprint density at radius 2 is 1.75 bits per heavy atom. The Morgan fingerprint density at radius 3 is 2.30 bits per heavy atom. The normalized spacial score (nSPS) is 18.1. The first-order valence-electron chi connectivity index (χ1n) is 6.65. The van der Waals surface area contributed by atoms with Crippen molar-refractivity contribution in [2.75, 3.05) is 39.3 Å². The molecule has 1 fully saturated rings. The highest BCUT2D eigenvalue weighted by Gasteiger charge is 2.23. The van der Waals surface area contributed by atoms with E-state index in [4.69, 9.17) is 9.88 Å². The lowest BCUT2D eigenvalue weighted by molar-refractivity contribution is 0.159. The second kappa shape index (κ2) is 6.53. The Bertz CT molecular complexity index is 522. The minimum atomic E-state index is -3.54. The van der Waals surface area contributed by atoms with Crippen LogP contribution < -0.4 is 9.88 Å². The molecule has 0 spiro atoms. The molecule has 112 valence electrons. The second-order valence-electron chi connectivity index (χ2n) is 4.95. The van der Waals surface area contributed by atoms with Gasteiger partial charge in [0.05, 0.1) is 0 Å². The third-order valence-corrected chi connectivity index (χ3v) is 4.47. The molecule has 0 radical (unpaired) electrons. The Hall–Kier alpha value is -1.15. The van der Waals surface area contributed by atoms with Gasteiger partial charge in [0.2, 0.25) is 0 Å². The number of aryl methyl sites for hydroxylation is 1. The van der Waals surface area contributed by atoms with E-state index >= 15 is 0 Å². The number of rotatable bonds is 5. The summed E-state index contributed by atoms with van der Waals surface area (Å²) < 4.78 is 29.3. The minimum absolute atomic E-state index is 0.448. The monoisotopic (exact) mass is 299 g/mol. The first-order chi connectivity index (χ1) is 9.45. The fourth-order valence-corrected chi connectivity index (χ4v) is 2.81. The molecule has 2 rings (SSSR count). The van der Waals surface area contributed by atoms with Crippen molar-refractivity contribution in [1.29, 1.82) is 0 Å². The standard InChI is InChI=1S/C13H21N3O3S/c1-12-2-4-13(5-3-12)19-11-10-15-6-8-16(9-7-15)20(14,17)18/h2-5H,6-11H2,1H3,(H2,14,17,18). The number of benzene rings is 1. The van der Waals surface area contributed by atoms with Gasteiger partial charge in [-0.15, -0.1) is 0 Å². The highest BCUT2D eigenvalue weighted by molar-refractivity contribution is 7.86. The smallest absolute Gasteiger partial charge is 0.276 e. The lowest BCUT2D eigenvalue weighted by Gasteiger charge is -2.32. The zero-order valence-electron chi connectivity index (χ0n) is 11.7. The van der Waals surface area contributed by atoms with Crippen LogP contribution in [0.25, 0.3) is 0 Å². The van der Waals surface area contributed by atoms with E-state index in [2.05, 4.69) is 4.90 Å². The van der Waals surface area contributed by atoms with Crippen molar-refractivity contribution >= 4 is 10.2 Å². The van der Waals surface area contributed by atoms with E-state index < -0.39 is 10.2 Å². The van der Waals surface area contributed by atoms with Gasteiger partial charge in [0.25, 0.3) is 10.2 Å². The summed E-state index contributed by atoms with van der Waals surface area (Å²) in [7, 11) is -3.54. The quantitative estimate of drug-likeness (QED) is 0.842. The number of nitrogens with two attached hydrogens (primary N) is 1. The van der Waals surface area contributed by atoms with Crippen molar-refractivity contribution in [3.63, 3.8) is 0 Å². The van der Waals surface area contributed by atoms with Gasteiger partial charge in [-0.25, -0.2) is 5.14 Å². The molecule has 7 heteroatoms. The molecular formula is C13H21N3O3S. The van der Waals surface area contributed by atoms with Crippen LogP contribution in [-0.4, -0.2) is 57.0 Å². The third-order valence-electron chi connectivity index (χ3n) is 3.39. The summed E-state index contributed by atoms with van der Waals surface area (Å²) >= 11 is 0. The number of hydrogen-bond donors (Lipinski definition) is 1. The van der Waals surface area contributed by atoms with E-state index in [-0.39, 0.29) is 0 Å². The van der Waals surface area contributed by atoms with Gasteiger partial charge >= 0.3 is 0 Å². The molecule has 1 aromatic carbocycles. The van der Waals surface area contributed by atoms with Gasteiger partial charge in [0.1, 0.15) is 12.4 Å². The molecule has 0 bridgehead atoms. The van der Waals surface area contributed by atoms with E-state index in [0.29, 0.717) is 32.8 Å². The third kappa shape index (κ3) is 4.45. The fourth-order valence-electron chi connectivity index (χ4n) is 2.13. The molecule has 0 atom stereocenters. The lowest BCUT2D eigenvalue weighted by Crippen LogP contribution is -2.51. The van der Waals surface area contributed by atoms with Gasteiger partial charge in [0, 0.05) is 32.7 Å². The van der Waals surface area contributed by atoms with Crippen LogP contribution in [0.15, 0.2) is 24.3 Å². The van der Waals surface area contributed by atoms with E-state index in [1.165, 1.54) is 9.87 Å². The minimum Gasteiger partial charge on any atom is -0.492 e. The molecular weight excluding hydrogens is 278 g/mol. The Labute approximate surface area is 120 Å². The molecule has 1 aromatic rings. The van der Waals surface area contributed by atoms with Crippen LogP contribution in [0.5, 0.6) is 5.75 Å². The van der Waals surface area contributed by atoms with Gasteiger partial charge in [-0.1, -0.05) is 17.7 Å². The highest BCUT2D eigenvalue weighted by atomic mass is 32.2. The summed E-state index contributed by atoms with van der Waals surface area (Å²) in [5.41, 5.74) is 1.21. The van der Waals surface area contributed by atoms with Gasteiger partial charge in [-0.2, -0.15) is 12.7 Å². The number of hydrogen-bond acceptors (Lipinski definition) is 4. The van der Waals surface area contributed by atoms with Gasteiger partial charge in [-0.3, -0.25) is 4.90 Å². The average molecular weight is 299 g/mol. The molecule has 0 unspecified atom stereocenters. The zero-order valence-corrected chi connectivity index (χ0v) is 12.5. The van der Waals surface area contributed by atoms with Crippen LogP contribution in [0.2, 0.25) is 0 Å². The maximum absolute atomic E-state index is 11.2. The van der Waals surface area contributed by atoms with Crippen LogP contribution >= 0.6 is 0 Å². The van der Waals surface area contributed by atoms with Gasteiger partial charge < -0.3 is 4.74 Å². The van der Waals surface area contributed by atoms with Crippen molar-refractivity contribution < 1.29 is 13.2 Å². The maximum atomic E-state index is 11.2. The summed E-state index contributed by atoms with van der Waals surface area (Å²) in [6, 6.07) is 7.93. The number of piperazine rings is 1. The second-order valence-corrected chi connectivity index (χ2v) is 6.49. The van der Waals surface area contributed by atoms with Crippen molar-refractivity contribution in [2.45, 2.75) is 6.92 Å². The van der Waals surface area contributed by atoms with E-state index in [1.54, 1.807) is 0 Å². The summed E-state index contributed by atoms with van der Waals surface area (Å²) in [5.74, 6) is 0.860. The van der Waals surface area contributed by atoms with E-state index in [9.17, 15) is 8.42 Å². The van der Waals surface area contributed by atoms with Crippen LogP contribution in [0.4, 0.5) is 0 Å². The van der Waals surface area contributed by atoms with Crippen molar-refractivity contribution in [1.82, 2.24) is 9.21 Å². The van der Waals surface area contributed by atoms with Crippen LogP contribution in [0, 0.1) is 6.92 Å². The molecule has 6 nitrogen and oxygen atoms in total. The Morgan fingerprint density at radius 1 is 1.15 bits per heavy atom. The average Bonchev–Trinajstić information content (AvgIpc) is 2.41. The van der Waals surface area contributed by atoms with Gasteiger partial charge in [0.15, 0.2) is 0 Å². The first-order valence-corrected chi connectivity index (χ1v) is 8.15. The Balaban J connectivity index is 1.70. The molecule has 0 aromatic heterocycles. The van der Waals surface area contributed by atoms with E-state index in [0.717, 1.165) is 12.3 Å². The molecule has 0 saturated carbocycles. The molecule has 1 saturated heterocycles. The molecule has 2 N–H and O–H groups in total. The lowest BCUT2D eigenvalue weighted by atomic mass is 10.2. The van der Waals surface area contributed by atoms with Crippen LogP contribution in [0.3, 0.4) is 0 Å². The Kier molecular flexibility index (Phi) is 4.98. The molecule has 1 heterocycles. The number of ether oxygens (including phenoxy) is 1. The number of nitrogens with zero attached hydrogens (tertiary/aromatic N) is 2. The molecule has 0 aliphatic carbocycles. The van der Waals surface area contributed by atoms with E-state index in [1.807, 2.05) is 31.2 Å². The topological polar surface area (TPSA) is 75.9 Å². The zero-order chi connectivity index (χ0) is 14.6. The van der Waals surface area contributed by atoms with Gasteiger partial charge in [-0.05, 0) is 19.1 Å². The van der Waals surface area contributed by atoms with Crippen LogP contribution in [-0.2, 0) is 10.2 Å². The SMILES string of the molecule is Cc1ccc(OCCN2CCN(S(N)(=O)=O)CC2)cc1. The predicted octanol–water partition coefficient (Wildman–Crippen LogP) is 0.195. The summed E-state index contributed by atoms with van der Waals surface area (Å²) in [5, 5.41) is 5.10. The molecule has 1 aliphatic rings.